The molecule has 0 spiro atoms. The smallest absolute Gasteiger partial charge is 0.0729 e. The standard InChI is InChI=1S/C13H25NO/c1-13(2)8-6-10(7-9-13)15-12-5-3-4-11(12)14/h10-12H,3-9,14H2,1-2H3. The molecule has 0 aliphatic heterocycles. The first-order valence-corrected chi connectivity index (χ1v) is 6.48. The van der Waals surface area contributed by atoms with Crippen molar-refractivity contribution in [2.45, 2.75) is 77.0 Å². The maximum absolute atomic E-state index is 6.13. The molecule has 2 rings (SSSR count). The van der Waals surface area contributed by atoms with Gasteiger partial charge in [-0.05, 0) is 50.4 Å². The second-order valence-electron chi connectivity index (χ2n) is 6.13. The van der Waals surface area contributed by atoms with Crippen molar-refractivity contribution in [3.63, 3.8) is 0 Å². The molecule has 2 fully saturated rings. The highest BCUT2D eigenvalue weighted by atomic mass is 16.5. The summed E-state index contributed by atoms with van der Waals surface area (Å²) in [4.78, 5) is 0. The van der Waals surface area contributed by atoms with Gasteiger partial charge in [0.25, 0.3) is 0 Å². The zero-order chi connectivity index (χ0) is 10.9. The maximum atomic E-state index is 6.13. The summed E-state index contributed by atoms with van der Waals surface area (Å²) in [5.74, 6) is 0. The summed E-state index contributed by atoms with van der Waals surface area (Å²) in [7, 11) is 0. The summed E-state index contributed by atoms with van der Waals surface area (Å²) in [6, 6.07) is 0.305. The Kier molecular flexibility index (Phi) is 3.36. The predicted molar refractivity (Wildman–Crippen MR) is 62.7 cm³/mol. The Labute approximate surface area is 93.6 Å². The fourth-order valence-electron chi connectivity index (χ4n) is 2.88. The zero-order valence-electron chi connectivity index (χ0n) is 10.2. The highest BCUT2D eigenvalue weighted by Gasteiger charge is 2.31. The van der Waals surface area contributed by atoms with Crippen molar-refractivity contribution in [1.29, 1.82) is 0 Å². The van der Waals surface area contributed by atoms with E-state index in [1.807, 2.05) is 0 Å². The van der Waals surface area contributed by atoms with Gasteiger partial charge in [0.2, 0.25) is 0 Å². The van der Waals surface area contributed by atoms with Gasteiger partial charge >= 0.3 is 0 Å². The van der Waals surface area contributed by atoms with Gasteiger partial charge in [-0.15, -0.1) is 0 Å². The van der Waals surface area contributed by atoms with Crippen LogP contribution in [0.1, 0.15) is 58.8 Å². The van der Waals surface area contributed by atoms with Crippen molar-refractivity contribution < 1.29 is 4.74 Å². The largest absolute Gasteiger partial charge is 0.373 e. The van der Waals surface area contributed by atoms with Crippen LogP contribution in [0.2, 0.25) is 0 Å². The Balaban J connectivity index is 1.77. The summed E-state index contributed by atoms with van der Waals surface area (Å²) in [5, 5.41) is 0. The molecule has 88 valence electrons. The van der Waals surface area contributed by atoms with Crippen LogP contribution in [-0.4, -0.2) is 18.2 Å². The average Bonchev–Trinajstić information content (AvgIpc) is 2.56. The Hall–Kier alpha value is -0.0800. The summed E-state index contributed by atoms with van der Waals surface area (Å²) >= 11 is 0. The molecule has 2 atom stereocenters. The molecule has 0 heterocycles. The van der Waals surface area contributed by atoms with Crippen molar-refractivity contribution in [1.82, 2.24) is 0 Å². The average molecular weight is 211 g/mol. The van der Waals surface area contributed by atoms with Gasteiger partial charge in [0.15, 0.2) is 0 Å². The molecule has 2 N–H and O–H groups in total. The molecular formula is C13H25NO. The van der Waals surface area contributed by atoms with Gasteiger partial charge in [-0.1, -0.05) is 13.8 Å². The quantitative estimate of drug-likeness (QED) is 0.762. The van der Waals surface area contributed by atoms with Crippen molar-refractivity contribution in [3.05, 3.63) is 0 Å². The Bertz CT molecular complexity index is 205. The van der Waals surface area contributed by atoms with E-state index in [1.165, 1.54) is 38.5 Å². The van der Waals surface area contributed by atoms with Gasteiger partial charge in [0.05, 0.1) is 12.2 Å². The lowest BCUT2D eigenvalue weighted by molar-refractivity contribution is -0.0475. The van der Waals surface area contributed by atoms with Crippen molar-refractivity contribution >= 4 is 0 Å². The molecule has 0 radical (unpaired) electrons. The molecule has 2 unspecified atom stereocenters. The molecule has 0 aromatic heterocycles. The number of ether oxygens (including phenoxy) is 1. The van der Waals surface area contributed by atoms with E-state index in [1.54, 1.807) is 0 Å². The lowest BCUT2D eigenvalue weighted by Gasteiger charge is -2.35. The molecule has 0 amide bonds. The molecule has 2 saturated carbocycles. The first-order chi connectivity index (χ1) is 7.07. The SMILES string of the molecule is CC1(C)CCC(OC2CCCC2N)CC1. The van der Waals surface area contributed by atoms with E-state index >= 15 is 0 Å². The molecule has 0 saturated heterocycles. The molecule has 15 heavy (non-hydrogen) atoms. The topological polar surface area (TPSA) is 35.2 Å². The van der Waals surface area contributed by atoms with E-state index in [0.29, 0.717) is 23.7 Å². The van der Waals surface area contributed by atoms with E-state index in [-0.39, 0.29) is 0 Å². The van der Waals surface area contributed by atoms with Crippen molar-refractivity contribution in [2.75, 3.05) is 0 Å². The fourth-order valence-corrected chi connectivity index (χ4v) is 2.88. The molecule has 0 aromatic carbocycles. The molecule has 2 heteroatoms. The minimum atomic E-state index is 0.305. The summed E-state index contributed by atoms with van der Waals surface area (Å²) in [6.07, 6.45) is 9.52. The fraction of sp³-hybridized carbons (Fsp3) is 1.00. The molecule has 0 aromatic rings. The van der Waals surface area contributed by atoms with Crippen LogP contribution >= 0.6 is 0 Å². The number of hydrogen-bond acceptors (Lipinski definition) is 2. The third-order valence-electron chi connectivity index (χ3n) is 4.16. The predicted octanol–water partition coefficient (Wildman–Crippen LogP) is 2.85. The maximum Gasteiger partial charge on any atom is 0.0729 e. The van der Waals surface area contributed by atoms with E-state index in [0.717, 1.165) is 6.42 Å². The van der Waals surface area contributed by atoms with Crippen LogP contribution in [0.3, 0.4) is 0 Å². The normalized spacial score (nSPS) is 37.0. The Morgan fingerprint density at radius 3 is 2.27 bits per heavy atom. The first-order valence-electron chi connectivity index (χ1n) is 6.48. The summed E-state index contributed by atoms with van der Waals surface area (Å²) < 4.78 is 6.13. The number of nitrogens with two attached hydrogens (primary N) is 1. The monoisotopic (exact) mass is 211 g/mol. The van der Waals surface area contributed by atoms with Crippen molar-refractivity contribution in [3.8, 4) is 0 Å². The third-order valence-corrected chi connectivity index (χ3v) is 4.16. The van der Waals surface area contributed by atoms with Crippen LogP contribution in [0.5, 0.6) is 0 Å². The Morgan fingerprint density at radius 2 is 1.73 bits per heavy atom. The lowest BCUT2D eigenvalue weighted by atomic mass is 9.76. The van der Waals surface area contributed by atoms with E-state index in [4.69, 9.17) is 10.5 Å². The lowest BCUT2D eigenvalue weighted by Crippen LogP contribution is -2.36. The van der Waals surface area contributed by atoms with E-state index in [2.05, 4.69) is 13.8 Å². The third kappa shape index (κ3) is 2.94. The van der Waals surface area contributed by atoms with Gasteiger partial charge in [-0.2, -0.15) is 0 Å². The molecule has 0 bridgehead atoms. The summed E-state index contributed by atoms with van der Waals surface area (Å²) in [5.41, 5.74) is 6.56. The summed E-state index contributed by atoms with van der Waals surface area (Å²) in [6.45, 7) is 4.73. The van der Waals surface area contributed by atoms with Gasteiger partial charge in [-0.25, -0.2) is 0 Å². The second kappa shape index (κ2) is 4.42. The zero-order valence-corrected chi connectivity index (χ0v) is 10.2. The van der Waals surface area contributed by atoms with Gasteiger partial charge in [-0.3, -0.25) is 0 Å². The second-order valence-corrected chi connectivity index (χ2v) is 6.13. The first kappa shape index (κ1) is 11.4. The van der Waals surface area contributed by atoms with Crippen LogP contribution in [0, 0.1) is 5.41 Å². The van der Waals surface area contributed by atoms with Gasteiger partial charge in [0.1, 0.15) is 0 Å². The van der Waals surface area contributed by atoms with Gasteiger partial charge in [0, 0.05) is 6.04 Å². The number of rotatable bonds is 2. The highest BCUT2D eigenvalue weighted by molar-refractivity contribution is 4.84. The molecule has 2 nitrogen and oxygen atoms in total. The molecule has 2 aliphatic rings. The Morgan fingerprint density at radius 1 is 1.07 bits per heavy atom. The van der Waals surface area contributed by atoms with Gasteiger partial charge < -0.3 is 10.5 Å². The number of hydrogen-bond donors (Lipinski definition) is 1. The molecular weight excluding hydrogens is 186 g/mol. The highest BCUT2D eigenvalue weighted by Crippen LogP contribution is 2.37. The van der Waals surface area contributed by atoms with E-state index in [9.17, 15) is 0 Å². The molecule has 2 aliphatic carbocycles. The minimum absolute atomic E-state index is 0.305. The van der Waals surface area contributed by atoms with Crippen molar-refractivity contribution in [2.24, 2.45) is 11.1 Å². The van der Waals surface area contributed by atoms with Crippen LogP contribution in [-0.2, 0) is 4.74 Å². The van der Waals surface area contributed by atoms with Crippen LogP contribution in [0.4, 0.5) is 0 Å². The van der Waals surface area contributed by atoms with E-state index < -0.39 is 0 Å². The van der Waals surface area contributed by atoms with Crippen LogP contribution in [0.15, 0.2) is 0 Å². The van der Waals surface area contributed by atoms with Crippen LogP contribution < -0.4 is 5.73 Å². The van der Waals surface area contributed by atoms with Crippen LogP contribution in [0.25, 0.3) is 0 Å². The minimum Gasteiger partial charge on any atom is -0.373 e.